The van der Waals surface area contributed by atoms with Crippen molar-refractivity contribution in [3.05, 3.63) is 39.3 Å². The Morgan fingerprint density at radius 3 is 1.96 bits per heavy atom. The number of nitrogens with one attached hydrogen (secondary N) is 2. The monoisotopic (exact) mass is 734 g/mol. The Bertz CT molecular complexity index is 1310. The molecule has 14 heteroatoms. The van der Waals surface area contributed by atoms with Crippen LogP contribution < -0.4 is 5.32 Å². The zero-order chi connectivity index (χ0) is 36.1. The van der Waals surface area contributed by atoms with Crippen molar-refractivity contribution in [3.63, 3.8) is 0 Å². The van der Waals surface area contributed by atoms with E-state index in [2.05, 4.69) is 10.3 Å². The van der Waals surface area contributed by atoms with Gasteiger partial charge in [-0.05, 0) is 69.0 Å². The molecule has 3 fully saturated rings. The summed E-state index contributed by atoms with van der Waals surface area (Å²) in [5.41, 5.74) is -3.80. The van der Waals surface area contributed by atoms with E-state index in [4.69, 9.17) is 37.8 Å². The lowest BCUT2D eigenvalue weighted by Crippen LogP contribution is -2.58. The minimum Gasteiger partial charge on any atom is -0.466 e. The van der Waals surface area contributed by atoms with Crippen LogP contribution in [0, 0.1) is 16.2 Å². The summed E-state index contributed by atoms with van der Waals surface area (Å²) in [6.45, 7) is 13.7. The fraction of sp³-hybridized carbons (Fsp3) is 0.706. The van der Waals surface area contributed by atoms with E-state index >= 15 is 0 Å². The van der Waals surface area contributed by atoms with Gasteiger partial charge in [0, 0.05) is 36.3 Å². The number of hydrogen-bond acceptors (Lipinski definition) is 7. The number of alkyl halides is 3. The van der Waals surface area contributed by atoms with Gasteiger partial charge < -0.3 is 24.8 Å². The van der Waals surface area contributed by atoms with E-state index in [9.17, 15) is 22.8 Å². The smallest absolute Gasteiger partial charge is 0.431 e. The topological polar surface area (TPSA) is 105 Å². The number of allylic oxidation sites excluding steroid dienone is 1. The third-order valence-corrected chi connectivity index (χ3v) is 15.4. The van der Waals surface area contributed by atoms with Crippen LogP contribution in [-0.4, -0.2) is 67.7 Å². The Hall–Kier alpha value is -2.15. The third-order valence-electron chi connectivity index (χ3n) is 10.1. The Morgan fingerprint density at radius 2 is 1.54 bits per heavy atom. The van der Waals surface area contributed by atoms with Gasteiger partial charge in [-0.2, -0.15) is 13.2 Å². The van der Waals surface area contributed by atoms with E-state index in [1.807, 2.05) is 41.5 Å². The lowest BCUT2D eigenvalue weighted by Gasteiger charge is -2.53. The molecule has 1 atom stereocenters. The first-order valence-electron chi connectivity index (χ1n) is 16.9. The number of amides is 1. The number of hydrogen-bond donors (Lipinski definition) is 2. The van der Waals surface area contributed by atoms with Gasteiger partial charge in [-0.1, -0.05) is 64.7 Å². The summed E-state index contributed by atoms with van der Waals surface area (Å²) in [5, 5.41) is 11.3. The number of aromatic nitrogens is 1. The van der Waals surface area contributed by atoms with Crippen molar-refractivity contribution in [1.82, 2.24) is 15.2 Å². The van der Waals surface area contributed by atoms with E-state index in [1.165, 1.54) is 17.3 Å². The van der Waals surface area contributed by atoms with Gasteiger partial charge in [0.25, 0.3) is 5.91 Å². The summed E-state index contributed by atoms with van der Waals surface area (Å²) in [5.74, 6) is -1.25. The molecule has 3 saturated carbocycles. The van der Waals surface area contributed by atoms with Crippen molar-refractivity contribution in [2.24, 2.45) is 10.8 Å². The van der Waals surface area contributed by atoms with E-state index in [1.54, 1.807) is 6.92 Å². The Morgan fingerprint density at radius 1 is 1.02 bits per heavy atom. The minimum absolute atomic E-state index is 0.0701. The lowest BCUT2D eigenvalue weighted by atomic mass is 9.57. The molecule has 1 heterocycles. The van der Waals surface area contributed by atoms with Gasteiger partial charge >= 0.3 is 12.1 Å². The standard InChI is InChI=1S/C34H51Cl2F3N4O4Si/c1-8-46-30(45)32-12-15-33(16-13-32,17-14-32)42-28(34(37,38)39)23(18-40)29(44)43(22-31(5,6)7)21-26(47-48(9-2,10-3)11-4)27-24(35)19-41-20-25(27)36/h18-20,26,40,42H,8-17,21-22H2,1-7H3/b28-23+,40-18?. The predicted molar refractivity (Wildman–Crippen MR) is 186 cm³/mol. The highest BCUT2D eigenvalue weighted by atomic mass is 35.5. The Balaban J connectivity index is 2.09. The number of nitrogens with zero attached hydrogens (tertiary/aromatic N) is 2. The van der Waals surface area contributed by atoms with Crippen molar-refractivity contribution >= 4 is 49.6 Å². The molecule has 8 nitrogen and oxygen atoms in total. The van der Waals surface area contributed by atoms with Gasteiger partial charge in [-0.25, -0.2) is 0 Å². The third kappa shape index (κ3) is 9.14. The molecule has 1 unspecified atom stereocenters. The average Bonchev–Trinajstić information content (AvgIpc) is 3.02. The molecule has 2 N–H and O–H groups in total. The number of rotatable bonds is 15. The molecule has 0 spiro atoms. The summed E-state index contributed by atoms with van der Waals surface area (Å²) in [7, 11) is -2.37. The largest absolute Gasteiger partial charge is 0.466 e. The van der Waals surface area contributed by atoms with E-state index in [0.717, 1.165) is 18.1 Å². The second-order valence-electron chi connectivity index (χ2n) is 14.5. The minimum atomic E-state index is -4.96. The number of carbonyl (C=O) groups is 2. The summed E-state index contributed by atoms with van der Waals surface area (Å²) < 4.78 is 57.1. The van der Waals surface area contributed by atoms with Crippen molar-refractivity contribution in [2.75, 3.05) is 19.7 Å². The van der Waals surface area contributed by atoms with Gasteiger partial charge in [-0.15, -0.1) is 0 Å². The molecule has 1 aromatic heterocycles. The first kappa shape index (κ1) is 40.3. The highest BCUT2D eigenvalue weighted by molar-refractivity contribution is 6.73. The molecule has 3 aliphatic carbocycles. The van der Waals surface area contributed by atoms with Gasteiger partial charge in [0.15, 0.2) is 8.32 Å². The van der Waals surface area contributed by atoms with E-state index < -0.39 is 54.1 Å². The fourth-order valence-electron chi connectivity index (χ4n) is 7.14. The van der Waals surface area contributed by atoms with Gasteiger partial charge in [0.05, 0.1) is 40.3 Å². The maximum absolute atomic E-state index is 15.0. The maximum Gasteiger partial charge on any atom is 0.431 e. The first-order valence-corrected chi connectivity index (χ1v) is 20.2. The molecule has 1 aromatic rings. The fourth-order valence-corrected chi connectivity index (χ4v) is 10.5. The second kappa shape index (κ2) is 15.8. The quantitative estimate of drug-likeness (QED) is 0.0807. The van der Waals surface area contributed by atoms with E-state index in [0.29, 0.717) is 50.3 Å². The second-order valence-corrected chi connectivity index (χ2v) is 20.0. The number of ether oxygens (including phenoxy) is 1. The van der Waals surface area contributed by atoms with Crippen LogP contribution in [0.15, 0.2) is 23.7 Å². The molecular weight excluding hydrogens is 684 g/mol. The first-order chi connectivity index (χ1) is 22.3. The molecule has 0 aliphatic heterocycles. The normalized spacial score (nSPS) is 22.5. The Labute approximate surface area is 294 Å². The van der Waals surface area contributed by atoms with Gasteiger partial charge in [0.2, 0.25) is 0 Å². The lowest BCUT2D eigenvalue weighted by molar-refractivity contribution is -0.163. The van der Waals surface area contributed by atoms with Crippen molar-refractivity contribution in [1.29, 1.82) is 5.41 Å². The van der Waals surface area contributed by atoms with Crippen molar-refractivity contribution in [2.45, 2.75) is 123 Å². The van der Waals surface area contributed by atoms with Crippen LogP contribution in [0.3, 0.4) is 0 Å². The van der Waals surface area contributed by atoms with Crippen LogP contribution >= 0.6 is 23.2 Å². The van der Waals surface area contributed by atoms with Crippen LogP contribution in [0.2, 0.25) is 28.2 Å². The molecule has 3 aliphatic rings. The molecule has 2 bridgehead atoms. The SMILES string of the molecule is CCOC(=O)C12CCC(N/C(=C(\C=N)C(=O)N(CC(O[Si](CC)(CC)CC)c3c(Cl)cncc3Cl)CC(C)(C)C)C(F)(F)F)(CC1)CC2. The number of carbonyl (C=O) groups excluding carboxylic acids is 2. The highest BCUT2D eigenvalue weighted by Gasteiger charge is 2.55. The van der Waals surface area contributed by atoms with Crippen LogP contribution in [0.1, 0.15) is 98.7 Å². The van der Waals surface area contributed by atoms with Crippen LogP contribution in [-0.2, 0) is 18.8 Å². The zero-order valence-corrected chi connectivity index (χ0v) is 31.7. The van der Waals surface area contributed by atoms with Crippen LogP contribution in [0.4, 0.5) is 13.2 Å². The van der Waals surface area contributed by atoms with Crippen LogP contribution in [0.5, 0.6) is 0 Å². The predicted octanol–water partition coefficient (Wildman–Crippen LogP) is 9.04. The van der Waals surface area contributed by atoms with Crippen molar-refractivity contribution in [3.8, 4) is 0 Å². The summed E-state index contributed by atoms with van der Waals surface area (Å²) in [4.78, 5) is 32.5. The number of fused-ring (bicyclic) bond motifs is 3. The highest BCUT2D eigenvalue weighted by Crippen LogP contribution is 2.54. The van der Waals surface area contributed by atoms with Gasteiger partial charge in [-0.3, -0.25) is 14.6 Å². The molecule has 0 radical (unpaired) electrons. The molecule has 0 aromatic carbocycles. The molecule has 270 valence electrons. The Kier molecular flexibility index (Phi) is 13.3. The number of esters is 1. The summed E-state index contributed by atoms with van der Waals surface area (Å²) >= 11 is 13.2. The molecule has 0 saturated heterocycles. The molecular formula is C34H51Cl2F3N4O4Si. The maximum atomic E-state index is 15.0. The van der Waals surface area contributed by atoms with Gasteiger partial charge in [0.1, 0.15) is 5.70 Å². The summed E-state index contributed by atoms with van der Waals surface area (Å²) in [6, 6.07) is 2.33. The summed E-state index contributed by atoms with van der Waals surface area (Å²) in [6.07, 6.45) is -0.358. The zero-order valence-electron chi connectivity index (χ0n) is 29.2. The molecule has 4 rings (SSSR count). The molecule has 48 heavy (non-hydrogen) atoms. The van der Waals surface area contributed by atoms with E-state index in [-0.39, 0.29) is 35.7 Å². The number of pyridine rings is 1. The van der Waals surface area contributed by atoms with Crippen LogP contribution in [0.25, 0.3) is 0 Å². The van der Waals surface area contributed by atoms with Crippen molar-refractivity contribution < 1.29 is 31.9 Å². The number of halogens is 5. The molecule has 1 amide bonds. The average molecular weight is 736 g/mol.